The normalized spacial score (nSPS) is 22.8. The molecule has 0 aromatic heterocycles. The van der Waals surface area contributed by atoms with Gasteiger partial charge in [0.25, 0.3) is 0 Å². The zero-order chi connectivity index (χ0) is 24.3. The van der Waals surface area contributed by atoms with Gasteiger partial charge in [0.2, 0.25) is 0 Å². The second-order valence-corrected chi connectivity index (χ2v) is 8.65. The van der Waals surface area contributed by atoms with Crippen LogP contribution < -0.4 is 5.32 Å². The van der Waals surface area contributed by atoms with E-state index in [0.717, 1.165) is 0 Å². The molecule has 0 saturated carbocycles. The number of dihydropyridines is 1. The molecule has 1 aliphatic carbocycles. The zero-order valence-electron chi connectivity index (χ0n) is 19.6. The first-order valence-corrected chi connectivity index (χ1v) is 11.0. The Balaban J connectivity index is 2.04. The van der Waals surface area contributed by atoms with Gasteiger partial charge in [-0.05, 0) is 50.8 Å². The van der Waals surface area contributed by atoms with E-state index in [1.165, 1.54) is 25.3 Å². The number of carbonyl (C=O) groups is 3. The number of rotatable bonds is 7. The summed E-state index contributed by atoms with van der Waals surface area (Å²) in [4.78, 5) is 39.1. The Morgan fingerprint density at radius 3 is 2.61 bits per heavy atom. The van der Waals surface area contributed by atoms with E-state index in [4.69, 9.17) is 14.2 Å². The summed E-state index contributed by atoms with van der Waals surface area (Å²) in [6.45, 7) is 7.54. The maximum Gasteiger partial charge on any atom is 0.336 e. The molecule has 1 N–H and O–H groups in total. The molecule has 1 aromatic rings. The number of ketones is 1. The highest BCUT2D eigenvalue weighted by Gasteiger charge is 2.47. The predicted octanol–water partition coefficient (Wildman–Crippen LogP) is 3.41. The smallest absolute Gasteiger partial charge is 0.336 e. The molecule has 3 atom stereocenters. The molecule has 1 aliphatic heterocycles. The van der Waals surface area contributed by atoms with Crippen molar-refractivity contribution in [3.8, 4) is 0 Å². The van der Waals surface area contributed by atoms with Crippen LogP contribution in [0.15, 0.2) is 46.8 Å². The number of hydrogen-bond donors (Lipinski definition) is 1. The van der Waals surface area contributed by atoms with Gasteiger partial charge in [-0.25, -0.2) is 9.18 Å². The van der Waals surface area contributed by atoms with E-state index in [0.29, 0.717) is 23.4 Å². The number of Topliss-reactive ketones (excluding diaryl/α,β-unsaturated/α-hetero) is 1. The second-order valence-electron chi connectivity index (χ2n) is 8.65. The monoisotopic (exact) mass is 459 g/mol. The second kappa shape index (κ2) is 10.3. The largest absolute Gasteiger partial charge is 0.468 e. The van der Waals surface area contributed by atoms with Crippen LogP contribution in [0, 0.1) is 17.7 Å². The zero-order valence-corrected chi connectivity index (χ0v) is 19.6. The van der Waals surface area contributed by atoms with E-state index < -0.39 is 35.4 Å². The number of halogens is 1. The van der Waals surface area contributed by atoms with Gasteiger partial charge in [0.1, 0.15) is 18.3 Å². The summed E-state index contributed by atoms with van der Waals surface area (Å²) in [6, 6.07) is 5.77. The van der Waals surface area contributed by atoms with Crippen molar-refractivity contribution in [2.75, 3.05) is 20.3 Å². The van der Waals surface area contributed by atoms with Crippen LogP contribution in [0.1, 0.15) is 45.6 Å². The fourth-order valence-corrected chi connectivity index (χ4v) is 4.47. The van der Waals surface area contributed by atoms with Crippen LogP contribution in [0.3, 0.4) is 0 Å². The molecule has 0 radical (unpaired) electrons. The summed E-state index contributed by atoms with van der Waals surface area (Å²) in [5.74, 6) is -4.35. The molecule has 1 heterocycles. The average Bonchev–Trinajstić information content (AvgIpc) is 2.75. The Kier molecular flexibility index (Phi) is 7.68. The third-order valence-corrected chi connectivity index (χ3v) is 5.91. The topological polar surface area (TPSA) is 90.9 Å². The maximum atomic E-state index is 14.2. The van der Waals surface area contributed by atoms with Gasteiger partial charge in [-0.3, -0.25) is 9.59 Å². The van der Waals surface area contributed by atoms with Crippen LogP contribution in [0.25, 0.3) is 0 Å². The van der Waals surface area contributed by atoms with E-state index >= 15 is 0 Å². The first-order valence-electron chi connectivity index (χ1n) is 11.0. The molecule has 0 amide bonds. The molecule has 0 unspecified atom stereocenters. The van der Waals surface area contributed by atoms with Crippen molar-refractivity contribution in [2.24, 2.45) is 11.8 Å². The minimum absolute atomic E-state index is 0.00846. The van der Waals surface area contributed by atoms with E-state index in [1.54, 1.807) is 19.9 Å². The van der Waals surface area contributed by atoms with Crippen LogP contribution in [-0.4, -0.2) is 44.1 Å². The minimum atomic E-state index is -0.998. The van der Waals surface area contributed by atoms with Crippen LogP contribution in [0.2, 0.25) is 0 Å². The van der Waals surface area contributed by atoms with E-state index in [9.17, 15) is 18.8 Å². The number of allylic oxidation sites excluding steroid dienone is 3. The van der Waals surface area contributed by atoms with Crippen molar-refractivity contribution in [3.05, 3.63) is 58.2 Å². The van der Waals surface area contributed by atoms with Crippen LogP contribution in [0.5, 0.6) is 0 Å². The number of benzene rings is 1. The Morgan fingerprint density at radius 1 is 1.24 bits per heavy atom. The van der Waals surface area contributed by atoms with Crippen LogP contribution in [0.4, 0.5) is 4.39 Å². The van der Waals surface area contributed by atoms with Gasteiger partial charge in [-0.1, -0.05) is 19.1 Å². The highest BCUT2D eigenvalue weighted by molar-refractivity contribution is 6.12. The lowest BCUT2D eigenvalue weighted by Gasteiger charge is -2.38. The van der Waals surface area contributed by atoms with Crippen LogP contribution in [-0.2, 0) is 28.6 Å². The highest BCUT2D eigenvalue weighted by atomic mass is 19.1. The summed E-state index contributed by atoms with van der Waals surface area (Å²) in [5, 5.41) is 3.17. The van der Waals surface area contributed by atoms with Crippen molar-refractivity contribution in [2.45, 2.75) is 46.1 Å². The Hall–Kier alpha value is -3.00. The van der Waals surface area contributed by atoms with E-state index in [-0.39, 0.29) is 36.4 Å². The summed E-state index contributed by atoms with van der Waals surface area (Å²) in [7, 11) is 1.24. The summed E-state index contributed by atoms with van der Waals surface area (Å²) in [5.41, 5.74) is 2.05. The Bertz CT molecular complexity index is 1010. The van der Waals surface area contributed by atoms with Gasteiger partial charge in [-0.15, -0.1) is 0 Å². The highest BCUT2D eigenvalue weighted by Crippen LogP contribution is 2.45. The quantitative estimate of drug-likeness (QED) is 0.380. The molecule has 2 aliphatic rings. The number of methoxy groups -OCH3 is 1. The fourth-order valence-electron chi connectivity index (χ4n) is 4.47. The third-order valence-electron chi connectivity index (χ3n) is 5.91. The standard InChI is InChI=1S/C25H30FNO6/c1-13(2)32-9-10-33-25(30)20-15(4)27-18-11-14(3)19(24(29)31-5)23(28)22(18)21(20)16-7-6-8-17(26)12-16/h6-8,12-14,19,21,27H,9-11H2,1-5H3/t14-,19-,21-/m1/s1. The lowest BCUT2D eigenvalue weighted by Crippen LogP contribution is -2.43. The molecular formula is C25H30FNO6. The van der Waals surface area contributed by atoms with Gasteiger partial charge in [0, 0.05) is 22.9 Å². The molecule has 0 fully saturated rings. The number of nitrogens with one attached hydrogen (secondary N) is 1. The SMILES string of the molecule is COC(=O)[C@H]1C(=O)C2=C(C[C@H]1C)NC(C)=C(C(=O)OCCOC(C)C)[C@H]2c1cccc(F)c1. The molecular weight excluding hydrogens is 429 g/mol. The number of hydrogen-bond acceptors (Lipinski definition) is 7. The molecule has 178 valence electrons. The summed E-state index contributed by atoms with van der Waals surface area (Å²) in [6.07, 6.45) is 0.403. The lowest BCUT2D eigenvalue weighted by molar-refractivity contribution is -0.151. The predicted molar refractivity (Wildman–Crippen MR) is 118 cm³/mol. The van der Waals surface area contributed by atoms with Gasteiger partial charge >= 0.3 is 11.9 Å². The first-order chi connectivity index (χ1) is 15.6. The van der Waals surface area contributed by atoms with Crippen molar-refractivity contribution >= 4 is 17.7 Å². The fraction of sp³-hybridized carbons (Fsp3) is 0.480. The van der Waals surface area contributed by atoms with Gasteiger partial charge < -0.3 is 19.5 Å². The van der Waals surface area contributed by atoms with Crippen molar-refractivity contribution in [1.29, 1.82) is 0 Å². The van der Waals surface area contributed by atoms with Gasteiger partial charge in [0.15, 0.2) is 5.78 Å². The van der Waals surface area contributed by atoms with E-state index in [1.807, 2.05) is 13.8 Å². The molecule has 0 saturated heterocycles. The summed E-state index contributed by atoms with van der Waals surface area (Å²) >= 11 is 0. The molecule has 1 aromatic carbocycles. The molecule has 7 nitrogen and oxygen atoms in total. The van der Waals surface area contributed by atoms with E-state index in [2.05, 4.69) is 5.32 Å². The van der Waals surface area contributed by atoms with Crippen molar-refractivity contribution in [3.63, 3.8) is 0 Å². The molecule has 8 heteroatoms. The molecule has 33 heavy (non-hydrogen) atoms. The van der Waals surface area contributed by atoms with Gasteiger partial charge in [0.05, 0.1) is 25.4 Å². The minimum Gasteiger partial charge on any atom is -0.468 e. The number of carbonyl (C=O) groups excluding carboxylic acids is 3. The van der Waals surface area contributed by atoms with Crippen molar-refractivity contribution in [1.82, 2.24) is 5.32 Å². The van der Waals surface area contributed by atoms with Crippen LogP contribution >= 0.6 is 0 Å². The average molecular weight is 460 g/mol. The summed E-state index contributed by atoms with van der Waals surface area (Å²) < 4.78 is 29.9. The maximum absolute atomic E-state index is 14.2. The number of esters is 2. The Labute approximate surface area is 193 Å². The first kappa shape index (κ1) is 24.6. The molecule has 0 spiro atoms. The molecule has 0 bridgehead atoms. The van der Waals surface area contributed by atoms with Crippen molar-refractivity contribution < 1.29 is 33.0 Å². The number of ether oxygens (including phenoxy) is 3. The Morgan fingerprint density at radius 2 is 1.97 bits per heavy atom. The molecule has 3 rings (SSSR count). The lowest BCUT2D eigenvalue weighted by atomic mass is 9.69. The van der Waals surface area contributed by atoms with Gasteiger partial charge in [-0.2, -0.15) is 0 Å². The third kappa shape index (κ3) is 5.16.